The average Bonchev–Trinajstić information content (AvgIpc) is 2.80. The van der Waals surface area contributed by atoms with Gasteiger partial charge in [0.1, 0.15) is 0 Å². The van der Waals surface area contributed by atoms with Crippen molar-refractivity contribution in [2.24, 2.45) is 0 Å². The van der Waals surface area contributed by atoms with Crippen LogP contribution in [0.5, 0.6) is 11.5 Å². The number of ether oxygens (including phenoxy) is 2. The maximum absolute atomic E-state index is 12.8. The predicted molar refractivity (Wildman–Crippen MR) is 127 cm³/mol. The van der Waals surface area contributed by atoms with E-state index >= 15 is 0 Å². The van der Waals surface area contributed by atoms with Crippen LogP contribution >= 0.6 is 0 Å². The number of amides is 2. The minimum Gasteiger partial charge on any atom is -0.493 e. The number of nitrogens with zero attached hydrogens (tertiary/aromatic N) is 4. The summed E-state index contributed by atoms with van der Waals surface area (Å²) < 4.78 is 11.0. The maximum Gasteiger partial charge on any atom is 0.236 e. The highest BCUT2D eigenvalue weighted by Crippen LogP contribution is 2.28. The van der Waals surface area contributed by atoms with E-state index in [0.29, 0.717) is 44.2 Å². The smallest absolute Gasteiger partial charge is 0.236 e. The van der Waals surface area contributed by atoms with Crippen LogP contribution in [-0.4, -0.2) is 110 Å². The molecule has 33 heavy (non-hydrogen) atoms. The summed E-state index contributed by atoms with van der Waals surface area (Å²) in [4.78, 5) is 34.3. The van der Waals surface area contributed by atoms with E-state index < -0.39 is 0 Å². The molecule has 3 aliphatic rings. The summed E-state index contributed by atoms with van der Waals surface area (Å²) in [6.45, 7) is 9.48. The lowest BCUT2D eigenvalue weighted by molar-refractivity contribution is -0.136. The number of hydrogen-bond donors (Lipinski definition) is 0. The van der Waals surface area contributed by atoms with Crippen LogP contribution in [0.3, 0.4) is 0 Å². The molecule has 3 fully saturated rings. The van der Waals surface area contributed by atoms with E-state index in [0.717, 1.165) is 50.9 Å². The van der Waals surface area contributed by atoms with Crippen LogP contribution in [0.2, 0.25) is 0 Å². The lowest BCUT2D eigenvalue weighted by Crippen LogP contribution is -2.56. The van der Waals surface area contributed by atoms with Gasteiger partial charge in [0.15, 0.2) is 11.5 Å². The molecule has 0 bridgehead atoms. The highest BCUT2D eigenvalue weighted by Gasteiger charge is 2.30. The van der Waals surface area contributed by atoms with Gasteiger partial charge < -0.3 is 19.3 Å². The normalized spacial score (nSPS) is 20.4. The van der Waals surface area contributed by atoms with E-state index in [2.05, 4.69) is 9.80 Å². The highest BCUT2D eigenvalue weighted by molar-refractivity contribution is 5.80. The molecule has 2 aliphatic heterocycles. The SMILES string of the molecule is CCOc1ccc(CC(=O)N2CCN(CC(=O)N3CCN(C4CCC4)CC3)CC2)cc1OC. The third-order valence-electron chi connectivity index (χ3n) is 7.23. The fourth-order valence-corrected chi connectivity index (χ4v) is 4.92. The molecule has 1 aliphatic carbocycles. The Kier molecular flexibility index (Phi) is 8.09. The molecule has 182 valence electrons. The summed E-state index contributed by atoms with van der Waals surface area (Å²) in [7, 11) is 1.61. The van der Waals surface area contributed by atoms with Gasteiger partial charge in [-0.15, -0.1) is 0 Å². The summed E-state index contributed by atoms with van der Waals surface area (Å²) in [5, 5.41) is 0. The molecular weight excluding hydrogens is 420 g/mol. The molecule has 1 aromatic rings. The van der Waals surface area contributed by atoms with Gasteiger partial charge in [-0.2, -0.15) is 0 Å². The highest BCUT2D eigenvalue weighted by atomic mass is 16.5. The monoisotopic (exact) mass is 458 g/mol. The number of methoxy groups -OCH3 is 1. The lowest BCUT2D eigenvalue weighted by atomic mass is 9.91. The van der Waals surface area contributed by atoms with Gasteiger partial charge in [-0.3, -0.25) is 19.4 Å². The van der Waals surface area contributed by atoms with Crippen LogP contribution in [0.15, 0.2) is 18.2 Å². The van der Waals surface area contributed by atoms with Crippen molar-refractivity contribution in [3.05, 3.63) is 23.8 Å². The zero-order valence-electron chi connectivity index (χ0n) is 20.1. The van der Waals surface area contributed by atoms with Gasteiger partial charge in [-0.25, -0.2) is 0 Å². The van der Waals surface area contributed by atoms with Crippen molar-refractivity contribution in [2.45, 2.75) is 38.6 Å². The summed E-state index contributed by atoms with van der Waals surface area (Å²) in [5.41, 5.74) is 0.916. The molecule has 4 rings (SSSR count). The van der Waals surface area contributed by atoms with Crippen LogP contribution in [0.1, 0.15) is 31.7 Å². The van der Waals surface area contributed by atoms with Crippen molar-refractivity contribution in [2.75, 3.05) is 72.6 Å². The Morgan fingerprint density at radius 1 is 0.909 bits per heavy atom. The molecule has 2 amide bonds. The number of carbonyl (C=O) groups excluding carboxylic acids is 2. The van der Waals surface area contributed by atoms with Gasteiger partial charge in [0.2, 0.25) is 11.8 Å². The molecule has 2 saturated heterocycles. The fraction of sp³-hybridized carbons (Fsp3) is 0.680. The quantitative estimate of drug-likeness (QED) is 0.588. The molecule has 0 N–H and O–H groups in total. The largest absolute Gasteiger partial charge is 0.493 e. The van der Waals surface area contributed by atoms with E-state index in [1.54, 1.807) is 7.11 Å². The third kappa shape index (κ3) is 5.98. The van der Waals surface area contributed by atoms with Crippen molar-refractivity contribution < 1.29 is 19.1 Å². The minimum absolute atomic E-state index is 0.110. The van der Waals surface area contributed by atoms with E-state index in [1.165, 1.54) is 19.3 Å². The van der Waals surface area contributed by atoms with Gasteiger partial charge in [0, 0.05) is 58.4 Å². The first kappa shape index (κ1) is 23.8. The second-order valence-electron chi connectivity index (χ2n) is 9.25. The average molecular weight is 459 g/mol. The van der Waals surface area contributed by atoms with Gasteiger partial charge >= 0.3 is 0 Å². The topological polar surface area (TPSA) is 65.6 Å². The fourth-order valence-electron chi connectivity index (χ4n) is 4.92. The van der Waals surface area contributed by atoms with Gasteiger partial charge in [0.25, 0.3) is 0 Å². The molecule has 8 heteroatoms. The molecule has 1 aromatic carbocycles. The first-order valence-electron chi connectivity index (χ1n) is 12.4. The Hall–Kier alpha value is -2.32. The molecule has 0 radical (unpaired) electrons. The van der Waals surface area contributed by atoms with Gasteiger partial charge in [-0.05, 0) is 37.5 Å². The Morgan fingerprint density at radius 2 is 1.58 bits per heavy atom. The summed E-state index contributed by atoms with van der Waals surface area (Å²) in [6.07, 6.45) is 4.34. The van der Waals surface area contributed by atoms with Crippen molar-refractivity contribution >= 4 is 11.8 Å². The first-order valence-corrected chi connectivity index (χ1v) is 12.4. The number of carbonyl (C=O) groups is 2. The standard InChI is InChI=1S/C25H38N4O4/c1-3-33-22-8-7-20(17-23(22)32-2)18-24(30)28-11-9-26(10-12-28)19-25(31)29-15-13-27(14-16-29)21-5-4-6-21/h7-8,17,21H,3-6,9-16,18-19H2,1-2H3. The summed E-state index contributed by atoms with van der Waals surface area (Å²) in [5.74, 6) is 1.68. The van der Waals surface area contributed by atoms with Crippen molar-refractivity contribution in [1.82, 2.24) is 19.6 Å². The van der Waals surface area contributed by atoms with E-state index in [1.807, 2.05) is 34.9 Å². The molecule has 0 atom stereocenters. The van der Waals surface area contributed by atoms with Crippen LogP contribution < -0.4 is 9.47 Å². The zero-order valence-corrected chi connectivity index (χ0v) is 20.1. The second kappa shape index (κ2) is 11.2. The van der Waals surface area contributed by atoms with E-state index in [4.69, 9.17) is 9.47 Å². The van der Waals surface area contributed by atoms with E-state index in [9.17, 15) is 9.59 Å². The van der Waals surface area contributed by atoms with E-state index in [-0.39, 0.29) is 11.8 Å². The molecule has 0 aromatic heterocycles. The Labute approximate surface area is 197 Å². The Bertz CT molecular complexity index is 813. The molecular formula is C25H38N4O4. The van der Waals surface area contributed by atoms with Crippen LogP contribution in [0.4, 0.5) is 0 Å². The molecule has 2 heterocycles. The Morgan fingerprint density at radius 3 is 2.18 bits per heavy atom. The van der Waals surface area contributed by atoms with Crippen molar-refractivity contribution in [1.29, 1.82) is 0 Å². The van der Waals surface area contributed by atoms with Crippen LogP contribution in [0, 0.1) is 0 Å². The van der Waals surface area contributed by atoms with Gasteiger partial charge in [-0.1, -0.05) is 12.5 Å². The number of piperazine rings is 2. The Balaban J connectivity index is 1.19. The first-order chi connectivity index (χ1) is 16.1. The third-order valence-corrected chi connectivity index (χ3v) is 7.23. The number of rotatable bonds is 8. The predicted octanol–water partition coefficient (Wildman–Crippen LogP) is 1.48. The molecule has 0 unspecified atom stereocenters. The lowest BCUT2D eigenvalue weighted by Gasteiger charge is -2.43. The molecule has 1 saturated carbocycles. The van der Waals surface area contributed by atoms with Crippen LogP contribution in [0.25, 0.3) is 0 Å². The zero-order chi connectivity index (χ0) is 23.2. The van der Waals surface area contributed by atoms with Crippen molar-refractivity contribution in [3.8, 4) is 11.5 Å². The molecule has 8 nitrogen and oxygen atoms in total. The van der Waals surface area contributed by atoms with Crippen LogP contribution in [-0.2, 0) is 16.0 Å². The minimum atomic E-state index is 0.110. The summed E-state index contributed by atoms with van der Waals surface area (Å²) in [6, 6.07) is 6.42. The van der Waals surface area contributed by atoms with Crippen molar-refractivity contribution in [3.63, 3.8) is 0 Å². The molecule has 0 spiro atoms. The maximum atomic E-state index is 12.8. The summed E-state index contributed by atoms with van der Waals surface area (Å²) >= 11 is 0. The second-order valence-corrected chi connectivity index (χ2v) is 9.25. The number of benzene rings is 1. The van der Waals surface area contributed by atoms with Gasteiger partial charge in [0.05, 0.1) is 26.7 Å². The number of hydrogen-bond acceptors (Lipinski definition) is 6.